The normalized spacial score (nSPS) is 10.5. The molecule has 0 aliphatic carbocycles. The molecule has 0 unspecified atom stereocenters. The van der Waals surface area contributed by atoms with Crippen LogP contribution in [-0.4, -0.2) is 16.2 Å². The number of rotatable bonds is 1. The first-order chi connectivity index (χ1) is 6.18. The van der Waals surface area contributed by atoms with Crippen molar-refractivity contribution in [2.45, 2.75) is 0 Å². The summed E-state index contributed by atoms with van der Waals surface area (Å²) in [4.78, 5) is 10.7. The molecule has 1 aromatic heterocycles. The number of hydrogen-bond acceptors (Lipinski definition) is 3. The average Bonchev–Trinajstić information content (AvgIpc) is 2.49. The van der Waals surface area contributed by atoms with E-state index >= 15 is 0 Å². The first-order valence-electron chi connectivity index (χ1n) is 3.45. The summed E-state index contributed by atoms with van der Waals surface area (Å²) in [7, 11) is 0. The molecule has 1 heterocycles. The Morgan fingerprint density at radius 2 is 2.31 bits per heavy atom. The molecular weight excluding hydrogens is 194 g/mol. The van der Waals surface area contributed by atoms with Crippen molar-refractivity contribution in [3.63, 3.8) is 0 Å². The van der Waals surface area contributed by atoms with Crippen LogP contribution in [0.2, 0.25) is 5.02 Å². The van der Waals surface area contributed by atoms with E-state index in [0.29, 0.717) is 16.0 Å². The maximum atomic E-state index is 10.7. The van der Waals surface area contributed by atoms with E-state index in [2.05, 4.69) is 5.16 Å². The zero-order chi connectivity index (χ0) is 9.42. The Morgan fingerprint density at radius 1 is 1.54 bits per heavy atom. The van der Waals surface area contributed by atoms with Crippen LogP contribution in [0.1, 0.15) is 10.4 Å². The number of carboxylic acid groups (broad SMARTS) is 1. The van der Waals surface area contributed by atoms with Gasteiger partial charge < -0.3 is 9.63 Å². The van der Waals surface area contributed by atoms with Gasteiger partial charge >= 0.3 is 5.97 Å². The standard InChI is InChI=1S/C8H4ClNO3/c9-4-1-5(8(11)12)6-3-10-13-7(6)2-4/h1-3H,(H,11,12). The second kappa shape index (κ2) is 2.74. The molecule has 0 aliphatic heterocycles. The second-order valence-corrected chi connectivity index (χ2v) is 2.93. The molecule has 5 heteroatoms. The van der Waals surface area contributed by atoms with Crippen molar-refractivity contribution in [1.29, 1.82) is 0 Å². The molecule has 0 spiro atoms. The fourth-order valence-corrected chi connectivity index (χ4v) is 1.32. The van der Waals surface area contributed by atoms with Gasteiger partial charge in [0.15, 0.2) is 5.58 Å². The van der Waals surface area contributed by atoms with Gasteiger partial charge in [0, 0.05) is 11.1 Å². The van der Waals surface area contributed by atoms with E-state index in [4.69, 9.17) is 21.2 Å². The van der Waals surface area contributed by atoms with Gasteiger partial charge in [0.05, 0.1) is 17.1 Å². The first kappa shape index (κ1) is 8.07. The third kappa shape index (κ3) is 1.25. The van der Waals surface area contributed by atoms with E-state index in [-0.39, 0.29) is 5.56 Å². The SMILES string of the molecule is O=C(O)c1cc(Cl)cc2oncc12. The molecule has 0 amide bonds. The van der Waals surface area contributed by atoms with Gasteiger partial charge in [0.25, 0.3) is 0 Å². The Kier molecular flexibility index (Phi) is 1.70. The molecule has 0 bridgehead atoms. The van der Waals surface area contributed by atoms with Crippen LogP contribution in [0.5, 0.6) is 0 Å². The van der Waals surface area contributed by atoms with Crippen LogP contribution in [-0.2, 0) is 0 Å². The van der Waals surface area contributed by atoms with Gasteiger partial charge in [0.2, 0.25) is 0 Å². The second-order valence-electron chi connectivity index (χ2n) is 2.50. The molecule has 1 aromatic carbocycles. The largest absolute Gasteiger partial charge is 0.478 e. The molecule has 13 heavy (non-hydrogen) atoms. The highest BCUT2D eigenvalue weighted by Crippen LogP contribution is 2.23. The van der Waals surface area contributed by atoms with Gasteiger partial charge in [-0.15, -0.1) is 0 Å². The molecule has 2 rings (SSSR count). The summed E-state index contributed by atoms with van der Waals surface area (Å²) in [5.41, 5.74) is 0.480. The lowest BCUT2D eigenvalue weighted by atomic mass is 10.1. The minimum atomic E-state index is -1.05. The van der Waals surface area contributed by atoms with E-state index in [9.17, 15) is 4.79 Å². The minimum Gasteiger partial charge on any atom is -0.478 e. The van der Waals surface area contributed by atoms with Crippen LogP contribution in [0, 0.1) is 0 Å². The number of hydrogen-bond donors (Lipinski definition) is 1. The van der Waals surface area contributed by atoms with E-state index in [0.717, 1.165) is 0 Å². The summed E-state index contributed by atoms with van der Waals surface area (Å²) in [5.74, 6) is -1.05. The van der Waals surface area contributed by atoms with Gasteiger partial charge in [-0.25, -0.2) is 4.79 Å². The van der Waals surface area contributed by atoms with Gasteiger partial charge in [0.1, 0.15) is 0 Å². The lowest BCUT2D eigenvalue weighted by Gasteiger charge is -1.95. The smallest absolute Gasteiger partial charge is 0.336 e. The van der Waals surface area contributed by atoms with Crippen molar-refractivity contribution in [3.8, 4) is 0 Å². The van der Waals surface area contributed by atoms with Gasteiger partial charge in [-0.1, -0.05) is 16.8 Å². The van der Waals surface area contributed by atoms with Crippen molar-refractivity contribution >= 4 is 28.5 Å². The van der Waals surface area contributed by atoms with Crippen LogP contribution in [0.4, 0.5) is 0 Å². The third-order valence-electron chi connectivity index (χ3n) is 1.67. The fourth-order valence-electron chi connectivity index (χ4n) is 1.11. The van der Waals surface area contributed by atoms with Gasteiger partial charge in [-0.05, 0) is 6.07 Å². The number of halogens is 1. The molecule has 66 valence electrons. The lowest BCUT2D eigenvalue weighted by molar-refractivity contribution is 0.0699. The number of carboxylic acids is 1. The molecule has 2 aromatic rings. The monoisotopic (exact) mass is 197 g/mol. The number of nitrogens with zero attached hydrogens (tertiary/aromatic N) is 1. The highest BCUT2D eigenvalue weighted by Gasteiger charge is 2.12. The van der Waals surface area contributed by atoms with Crippen molar-refractivity contribution in [2.75, 3.05) is 0 Å². The summed E-state index contributed by atoms with van der Waals surface area (Å²) in [5, 5.41) is 13.1. The zero-order valence-corrected chi connectivity index (χ0v) is 7.08. The molecule has 0 aliphatic rings. The Morgan fingerprint density at radius 3 is 3.00 bits per heavy atom. The average molecular weight is 198 g/mol. The summed E-state index contributed by atoms with van der Waals surface area (Å²) in [6.45, 7) is 0. The number of benzene rings is 1. The summed E-state index contributed by atoms with van der Waals surface area (Å²) < 4.78 is 4.79. The van der Waals surface area contributed by atoms with Crippen LogP contribution >= 0.6 is 11.6 Å². The highest BCUT2D eigenvalue weighted by atomic mass is 35.5. The third-order valence-corrected chi connectivity index (χ3v) is 1.89. The Balaban J connectivity index is 2.84. The highest BCUT2D eigenvalue weighted by molar-refractivity contribution is 6.31. The van der Waals surface area contributed by atoms with Crippen LogP contribution < -0.4 is 0 Å². The van der Waals surface area contributed by atoms with Crippen LogP contribution in [0.15, 0.2) is 22.9 Å². The minimum absolute atomic E-state index is 0.101. The van der Waals surface area contributed by atoms with Crippen molar-refractivity contribution in [2.24, 2.45) is 0 Å². The lowest BCUT2D eigenvalue weighted by Crippen LogP contribution is -1.96. The maximum absolute atomic E-state index is 10.7. The predicted molar refractivity (Wildman–Crippen MR) is 46.0 cm³/mol. The van der Waals surface area contributed by atoms with Crippen molar-refractivity contribution < 1.29 is 14.4 Å². The Labute approximate surface area is 77.7 Å². The molecule has 0 atom stereocenters. The van der Waals surface area contributed by atoms with Crippen LogP contribution in [0.3, 0.4) is 0 Å². The van der Waals surface area contributed by atoms with Gasteiger partial charge in [-0.3, -0.25) is 0 Å². The van der Waals surface area contributed by atoms with Crippen molar-refractivity contribution in [1.82, 2.24) is 5.16 Å². The van der Waals surface area contributed by atoms with E-state index in [1.807, 2.05) is 0 Å². The maximum Gasteiger partial charge on any atom is 0.336 e. The number of carbonyl (C=O) groups is 1. The van der Waals surface area contributed by atoms with Crippen molar-refractivity contribution in [3.05, 3.63) is 28.9 Å². The molecular formula is C8H4ClNO3. The molecule has 4 nitrogen and oxygen atoms in total. The van der Waals surface area contributed by atoms with Gasteiger partial charge in [-0.2, -0.15) is 0 Å². The summed E-state index contributed by atoms with van der Waals surface area (Å²) >= 11 is 5.67. The number of aromatic nitrogens is 1. The number of fused-ring (bicyclic) bond motifs is 1. The molecule has 1 N–H and O–H groups in total. The van der Waals surface area contributed by atoms with Crippen LogP contribution in [0.25, 0.3) is 11.0 Å². The number of aromatic carboxylic acids is 1. The Hall–Kier alpha value is -1.55. The fraction of sp³-hybridized carbons (Fsp3) is 0. The summed E-state index contributed by atoms with van der Waals surface area (Å²) in [6.07, 6.45) is 1.36. The van der Waals surface area contributed by atoms with E-state index in [1.165, 1.54) is 18.3 Å². The molecule has 0 radical (unpaired) electrons. The molecule has 0 fully saturated rings. The molecule has 0 saturated heterocycles. The Bertz CT molecular complexity index is 477. The molecule has 0 saturated carbocycles. The summed E-state index contributed by atoms with van der Waals surface area (Å²) in [6, 6.07) is 2.89. The predicted octanol–water partition coefficient (Wildman–Crippen LogP) is 2.18. The zero-order valence-electron chi connectivity index (χ0n) is 6.32. The topological polar surface area (TPSA) is 63.3 Å². The van der Waals surface area contributed by atoms with E-state index < -0.39 is 5.97 Å². The first-order valence-corrected chi connectivity index (χ1v) is 3.83. The quantitative estimate of drug-likeness (QED) is 0.761. The van der Waals surface area contributed by atoms with E-state index in [1.54, 1.807) is 0 Å².